The van der Waals surface area contributed by atoms with Crippen LogP contribution in [0.25, 0.3) is 5.69 Å². The topological polar surface area (TPSA) is 17.8 Å². The zero-order valence-electron chi connectivity index (χ0n) is 8.16. The summed E-state index contributed by atoms with van der Waals surface area (Å²) in [6, 6.07) is 7.94. The van der Waals surface area contributed by atoms with Crippen molar-refractivity contribution in [3.8, 4) is 5.69 Å². The Bertz CT molecular complexity index is 423. The average molecular weight is 207 g/mol. The molecule has 0 atom stereocenters. The van der Waals surface area contributed by atoms with Crippen molar-refractivity contribution in [1.82, 2.24) is 9.55 Å². The van der Waals surface area contributed by atoms with Crippen LogP contribution >= 0.6 is 11.6 Å². The summed E-state index contributed by atoms with van der Waals surface area (Å²) >= 11 is 5.73. The van der Waals surface area contributed by atoms with E-state index in [1.807, 2.05) is 6.07 Å². The molecule has 0 saturated heterocycles. The van der Waals surface area contributed by atoms with E-state index in [2.05, 4.69) is 35.5 Å². The summed E-state index contributed by atoms with van der Waals surface area (Å²) in [5, 5.41) is 0.524. The SMILES string of the molecule is Cc1ccc(C)n1-c1ccc(Cl)nc1. The molecule has 3 heteroatoms. The fourth-order valence-electron chi connectivity index (χ4n) is 1.58. The van der Waals surface area contributed by atoms with Crippen LogP contribution in [-0.2, 0) is 0 Å². The molecule has 0 saturated carbocycles. The summed E-state index contributed by atoms with van der Waals surface area (Å²) in [5.74, 6) is 0. The van der Waals surface area contributed by atoms with Crippen molar-refractivity contribution < 1.29 is 0 Å². The Morgan fingerprint density at radius 2 is 1.71 bits per heavy atom. The van der Waals surface area contributed by atoms with E-state index < -0.39 is 0 Å². The van der Waals surface area contributed by atoms with Crippen LogP contribution < -0.4 is 0 Å². The largest absolute Gasteiger partial charge is 0.317 e. The lowest BCUT2D eigenvalue weighted by Crippen LogP contribution is -1.98. The van der Waals surface area contributed by atoms with Gasteiger partial charge in [-0.25, -0.2) is 4.98 Å². The number of halogens is 1. The number of rotatable bonds is 1. The molecule has 0 aliphatic heterocycles. The van der Waals surface area contributed by atoms with Crippen molar-refractivity contribution in [3.05, 3.63) is 47.0 Å². The summed E-state index contributed by atoms with van der Waals surface area (Å²) in [4.78, 5) is 4.06. The lowest BCUT2D eigenvalue weighted by atomic mass is 10.4. The third-order valence-electron chi connectivity index (χ3n) is 2.24. The van der Waals surface area contributed by atoms with Crippen LogP contribution in [0, 0.1) is 13.8 Å². The summed E-state index contributed by atoms with van der Waals surface area (Å²) in [6.07, 6.45) is 1.78. The summed E-state index contributed by atoms with van der Waals surface area (Å²) in [6.45, 7) is 4.14. The second-order valence-corrected chi connectivity index (χ2v) is 3.68. The average Bonchev–Trinajstić information content (AvgIpc) is 2.49. The number of nitrogens with zero attached hydrogens (tertiary/aromatic N) is 2. The van der Waals surface area contributed by atoms with Gasteiger partial charge in [-0.3, -0.25) is 0 Å². The van der Waals surface area contributed by atoms with Gasteiger partial charge in [0.05, 0.1) is 11.9 Å². The Labute approximate surface area is 88.2 Å². The van der Waals surface area contributed by atoms with E-state index in [1.165, 1.54) is 11.4 Å². The molecular weight excluding hydrogens is 196 g/mol. The second-order valence-electron chi connectivity index (χ2n) is 3.29. The van der Waals surface area contributed by atoms with Crippen molar-refractivity contribution in [2.24, 2.45) is 0 Å². The highest BCUT2D eigenvalue weighted by molar-refractivity contribution is 6.29. The third kappa shape index (κ3) is 1.53. The van der Waals surface area contributed by atoms with Crippen molar-refractivity contribution >= 4 is 11.6 Å². The van der Waals surface area contributed by atoms with E-state index in [1.54, 1.807) is 12.3 Å². The molecule has 0 amide bonds. The van der Waals surface area contributed by atoms with Crippen LogP contribution in [-0.4, -0.2) is 9.55 Å². The van der Waals surface area contributed by atoms with Crippen LogP contribution in [0.15, 0.2) is 30.5 Å². The molecule has 0 bridgehead atoms. The Morgan fingerprint density at radius 3 is 2.21 bits per heavy atom. The van der Waals surface area contributed by atoms with Gasteiger partial charge in [0.25, 0.3) is 0 Å². The summed E-state index contributed by atoms with van der Waals surface area (Å²) < 4.78 is 2.14. The minimum Gasteiger partial charge on any atom is -0.317 e. The van der Waals surface area contributed by atoms with Gasteiger partial charge in [0, 0.05) is 11.4 Å². The van der Waals surface area contributed by atoms with Crippen LogP contribution in [0.1, 0.15) is 11.4 Å². The van der Waals surface area contributed by atoms with Gasteiger partial charge in [0.1, 0.15) is 5.15 Å². The molecule has 2 rings (SSSR count). The maximum Gasteiger partial charge on any atom is 0.129 e. The van der Waals surface area contributed by atoms with Crippen LogP contribution in [0.5, 0.6) is 0 Å². The zero-order valence-corrected chi connectivity index (χ0v) is 8.92. The van der Waals surface area contributed by atoms with Crippen LogP contribution in [0.4, 0.5) is 0 Å². The molecule has 0 aliphatic rings. The molecule has 14 heavy (non-hydrogen) atoms. The van der Waals surface area contributed by atoms with Gasteiger partial charge in [0.15, 0.2) is 0 Å². The quantitative estimate of drug-likeness (QED) is 0.656. The van der Waals surface area contributed by atoms with E-state index >= 15 is 0 Å². The van der Waals surface area contributed by atoms with Crippen molar-refractivity contribution in [2.75, 3.05) is 0 Å². The van der Waals surface area contributed by atoms with E-state index in [-0.39, 0.29) is 0 Å². The maximum absolute atomic E-state index is 5.73. The number of pyridine rings is 1. The highest BCUT2D eigenvalue weighted by atomic mass is 35.5. The van der Waals surface area contributed by atoms with Gasteiger partial charge >= 0.3 is 0 Å². The smallest absolute Gasteiger partial charge is 0.129 e. The Hall–Kier alpha value is -1.28. The fraction of sp³-hybridized carbons (Fsp3) is 0.182. The van der Waals surface area contributed by atoms with Gasteiger partial charge in [-0.2, -0.15) is 0 Å². The van der Waals surface area contributed by atoms with E-state index in [4.69, 9.17) is 11.6 Å². The molecule has 0 N–H and O–H groups in total. The predicted molar refractivity (Wildman–Crippen MR) is 58.0 cm³/mol. The van der Waals surface area contributed by atoms with E-state index in [0.29, 0.717) is 5.15 Å². The molecule has 2 aromatic heterocycles. The first-order valence-corrected chi connectivity index (χ1v) is 4.83. The molecular formula is C11H11ClN2. The molecule has 0 aromatic carbocycles. The van der Waals surface area contributed by atoms with E-state index in [0.717, 1.165) is 5.69 Å². The van der Waals surface area contributed by atoms with Gasteiger partial charge < -0.3 is 4.57 Å². The first-order chi connectivity index (χ1) is 6.68. The Balaban J connectivity index is 2.54. The van der Waals surface area contributed by atoms with Gasteiger partial charge in [-0.1, -0.05) is 11.6 Å². The van der Waals surface area contributed by atoms with Crippen molar-refractivity contribution in [2.45, 2.75) is 13.8 Å². The van der Waals surface area contributed by atoms with Gasteiger partial charge in [-0.05, 0) is 38.1 Å². The third-order valence-corrected chi connectivity index (χ3v) is 2.46. The van der Waals surface area contributed by atoms with Gasteiger partial charge in [-0.15, -0.1) is 0 Å². The minimum atomic E-state index is 0.524. The Morgan fingerprint density at radius 1 is 1.07 bits per heavy atom. The number of aryl methyl sites for hydroxylation is 2. The van der Waals surface area contributed by atoms with Gasteiger partial charge in [0.2, 0.25) is 0 Å². The normalized spacial score (nSPS) is 10.5. The lowest BCUT2D eigenvalue weighted by molar-refractivity contribution is 0.956. The number of hydrogen-bond donors (Lipinski definition) is 0. The highest BCUT2D eigenvalue weighted by Gasteiger charge is 2.03. The van der Waals surface area contributed by atoms with Crippen molar-refractivity contribution in [3.63, 3.8) is 0 Å². The number of hydrogen-bond acceptors (Lipinski definition) is 1. The molecule has 0 spiro atoms. The minimum absolute atomic E-state index is 0.524. The lowest BCUT2D eigenvalue weighted by Gasteiger charge is -2.08. The molecule has 2 aromatic rings. The predicted octanol–water partition coefficient (Wildman–Crippen LogP) is 3.14. The summed E-state index contributed by atoms with van der Waals surface area (Å²) in [5.41, 5.74) is 3.45. The fourth-order valence-corrected chi connectivity index (χ4v) is 1.69. The first-order valence-electron chi connectivity index (χ1n) is 4.45. The molecule has 0 aliphatic carbocycles. The van der Waals surface area contributed by atoms with Crippen molar-refractivity contribution in [1.29, 1.82) is 0 Å². The van der Waals surface area contributed by atoms with Crippen LogP contribution in [0.2, 0.25) is 5.15 Å². The highest BCUT2D eigenvalue weighted by Crippen LogP contribution is 2.16. The second kappa shape index (κ2) is 3.46. The standard InChI is InChI=1S/C11H11ClN2/c1-8-3-4-9(2)14(8)10-5-6-11(12)13-7-10/h3-7H,1-2H3. The molecule has 0 fully saturated rings. The molecule has 0 radical (unpaired) electrons. The Kier molecular flexibility index (Phi) is 2.30. The van der Waals surface area contributed by atoms with Crippen LogP contribution in [0.3, 0.4) is 0 Å². The first kappa shape index (κ1) is 9.28. The molecule has 2 nitrogen and oxygen atoms in total. The van der Waals surface area contributed by atoms with E-state index in [9.17, 15) is 0 Å². The molecule has 72 valence electrons. The number of aromatic nitrogens is 2. The monoisotopic (exact) mass is 206 g/mol. The molecule has 2 heterocycles. The molecule has 0 unspecified atom stereocenters. The maximum atomic E-state index is 5.73. The zero-order chi connectivity index (χ0) is 10.1. The summed E-state index contributed by atoms with van der Waals surface area (Å²) in [7, 11) is 0.